The summed E-state index contributed by atoms with van der Waals surface area (Å²) in [6, 6.07) is 16.1. The van der Waals surface area contributed by atoms with Gasteiger partial charge in [0.25, 0.3) is 0 Å². The number of benzene rings is 2. The van der Waals surface area contributed by atoms with Crippen molar-refractivity contribution in [3.63, 3.8) is 0 Å². The first-order valence-electron chi connectivity index (χ1n) is 12.5. The molecular formula is C28H34N2O5. The number of amides is 2. The number of hydrogen-bond donors (Lipinski definition) is 2. The molecule has 1 aliphatic heterocycles. The summed E-state index contributed by atoms with van der Waals surface area (Å²) < 4.78 is 5.66. The molecule has 0 saturated carbocycles. The number of likely N-dealkylation sites (tertiary alicyclic amines) is 1. The van der Waals surface area contributed by atoms with Gasteiger partial charge in [-0.3, -0.25) is 9.59 Å². The van der Waals surface area contributed by atoms with E-state index in [9.17, 15) is 19.5 Å². The zero-order valence-corrected chi connectivity index (χ0v) is 20.4. The van der Waals surface area contributed by atoms with Gasteiger partial charge < -0.3 is 20.1 Å². The lowest BCUT2D eigenvalue weighted by Crippen LogP contribution is -2.47. The third kappa shape index (κ3) is 5.50. The molecule has 1 fully saturated rings. The zero-order valence-electron chi connectivity index (χ0n) is 20.4. The minimum Gasteiger partial charge on any atom is -0.481 e. The highest BCUT2D eigenvalue weighted by molar-refractivity contribution is 5.80. The van der Waals surface area contributed by atoms with Crippen LogP contribution in [-0.4, -0.2) is 53.7 Å². The van der Waals surface area contributed by atoms with Crippen LogP contribution in [0.25, 0.3) is 11.1 Å². The fraction of sp³-hybridized carbons (Fsp3) is 0.464. The number of carboxylic acids is 1. The molecule has 2 N–H and O–H groups in total. The minimum atomic E-state index is -0.801. The quantitative estimate of drug-likeness (QED) is 0.576. The largest absolute Gasteiger partial charge is 0.481 e. The van der Waals surface area contributed by atoms with Gasteiger partial charge in [0, 0.05) is 31.5 Å². The van der Waals surface area contributed by atoms with Crippen LogP contribution < -0.4 is 5.32 Å². The number of nitrogens with one attached hydrogen (secondary N) is 1. The zero-order chi connectivity index (χ0) is 24.9. The van der Waals surface area contributed by atoms with Crippen molar-refractivity contribution in [3.8, 4) is 11.1 Å². The number of rotatable bonds is 8. The highest BCUT2D eigenvalue weighted by Gasteiger charge is 2.34. The first-order chi connectivity index (χ1) is 16.9. The molecule has 4 rings (SSSR count). The summed E-state index contributed by atoms with van der Waals surface area (Å²) in [5.74, 6) is -1.38. The summed E-state index contributed by atoms with van der Waals surface area (Å²) >= 11 is 0. The molecule has 3 atom stereocenters. The Morgan fingerprint density at radius 2 is 1.71 bits per heavy atom. The van der Waals surface area contributed by atoms with Gasteiger partial charge in [-0.1, -0.05) is 68.8 Å². The molecule has 35 heavy (non-hydrogen) atoms. The predicted octanol–water partition coefficient (Wildman–Crippen LogP) is 4.65. The van der Waals surface area contributed by atoms with E-state index in [0.717, 1.165) is 17.5 Å². The van der Waals surface area contributed by atoms with E-state index in [-0.39, 0.29) is 36.8 Å². The van der Waals surface area contributed by atoms with Crippen molar-refractivity contribution in [2.24, 2.45) is 11.8 Å². The number of ether oxygens (including phenoxy) is 1. The molecule has 2 aliphatic rings. The van der Waals surface area contributed by atoms with Crippen molar-refractivity contribution in [2.45, 2.75) is 51.5 Å². The van der Waals surface area contributed by atoms with Gasteiger partial charge in [-0.25, -0.2) is 4.79 Å². The van der Waals surface area contributed by atoms with Crippen molar-refractivity contribution in [1.82, 2.24) is 10.2 Å². The van der Waals surface area contributed by atoms with Crippen LogP contribution in [0.3, 0.4) is 0 Å². The molecule has 2 aromatic carbocycles. The Kier molecular flexibility index (Phi) is 7.73. The second-order valence-corrected chi connectivity index (χ2v) is 9.71. The normalized spacial score (nSPS) is 20.0. The topological polar surface area (TPSA) is 95.9 Å². The molecule has 7 heteroatoms. The number of carbonyl (C=O) groups excluding carboxylic acids is 2. The fourth-order valence-corrected chi connectivity index (χ4v) is 5.46. The van der Waals surface area contributed by atoms with E-state index in [4.69, 9.17) is 4.74 Å². The van der Waals surface area contributed by atoms with E-state index in [1.54, 1.807) is 4.90 Å². The first kappa shape index (κ1) is 24.8. The monoisotopic (exact) mass is 478 g/mol. The summed E-state index contributed by atoms with van der Waals surface area (Å²) in [7, 11) is 0. The van der Waals surface area contributed by atoms with E-state index in [1.807, 2.05) is 38.1 Å². The number of piperidine rings is 1. The maximum atomic E-state index is 12.9. The van der Waals surface area contributed by atoms with Crippen LogP contribution in [0, 0.1) is 11.8 Å². The van der Waals surface area contributed by atoms with Crippen molar-refractivity contribution >= 4 is 18.0 Å². The van der Waals surface area contributed by atoms with Crippen molar-refractivity contribution in [1.29, 1.82) is 0 Å². The molecule has 3 unspecified atom stereocenters. The number of nitrogens with zero attached hydrogens (tertiary/aromatic N) is 1. The van der Waals surface area contributed by atoms with Crippen molar-refractivity contribution < 1.29 is 24.2 Å². The fourth-order valence-electron chi connectivity index (χ4n) is 5.46. The predicted molar refractivity (Wildman–Crippen MR) is 133 cm³/mol. The average Bonchev–Trinajstić information content (AvgIpc) is 3.16. The molecule has 0 radical (unpaired) electrons. The summed E-state index contributed by atoms with van der Waals surface area (Å²) in [5.41, 5.74) is 4.65. The molecule has 0 aromatic heterocycles. The van der Waals surface area contributed by atoms with Gasteiger partial charge in [0.1, 0.15) is 6.61 Å². The van der Waals surface area contributed by atoms with Gasteiger partial charge in [0.2, 0.25) is 5.91 Å². The molecule has 0 bridgehead atoms. The number of carbonyl (C=O) groups is 3. The highest BCUT2D eigenvalue weighted by atomic mass is 16.5. The standard InChI is InChI=1S/C28H34N2O5/c1-3-8-19(15-26(31)30-14-13-20(27(32)33)18(2)16-30)29-28(34)35-17-25-23-11-6-4-9-21(23)22-10-5-7-12-24(22)25/h4-7,9-12,18-20,25H,3,8,13-17H2,1-2H3,(H,29,34)(H,32,33). The van der Waals surface area contributed by atoms with E-state index in [2.05, 4.69) is 29.6 Å². The first-order valence-corrected chi connectivity index (χ1v) is 12.5. The lowest BCUT2D eigenvalue weighted by atomic mass is 9.87. The maximum absolute atomic E-state index is 12.9. The van der Waals surface area contributed by atoms with E-state index in [1.165, 1.54) is 11.1 Å². The van der Waals surface area contributed by atoms with Crippen LogP contribution in [0.5, 0.6) is 0 Å². The number of hydrogen-bond acceptors (Lipinski definition) is 4. The molecule has 186 valence electrons. The number of carboxylic acid groups (broad SMARTS) is 1. The summed E-state index contributed by atoms with van der Waals surface area (Å²) in [5, 5.41) is 12.2. The second kappa shape index (κ2) is 10.9. The SMILES string of the molecule is CCCC(CC(=O)N1CCC(C(=O)O)C(C)C1)NC(=O)OCC1c2ccccc2-c2ccccc21. The summed E-state index contributed by atoms with van der Waals surface area (Å²) in [6.07, 6.45) is 1.61. The van der Waals surface area contributed by atoms with Gasteiger partial charge in [-0.05, 0) is 41.0 Å². The van der Waals surface area contributed by atoms with Gasteiger partial charge in [0.05, 0.1) is 5.92 Å². The Morgan fingerprint density at radius 3 is 2.29 bits per heavy atom. The molecule has 0 spiro atoms. The number of fused-ring (bicyclic) bond motifs is 3. The Morgan fingerprint density at radius 1 is 1.09 bits per heavy atom. The summed E-state index contributed by atoms with van der Waals surface area (Å²) in [6.45, 7) is 4.98. The Hall–Kier alpha value is -3.35. The van der Waals surface area contributed by atoms with Crippen LogP contribution in [0.1, 0.15) is 56.6 Å². The number of aliphatic carboxylic acids is 1. The Labute approximate surface area is 206 Å². The van der Waals surface area contributed by atoms with Gasteiger partial charge in [-0.2, -0.15) is 0 Å². The lowest BCUT2D eigenvalue weighted by Gasteiger charge is -2.35. The van der Waals surface area contributed by atoms with Crippen molar-refractivity contribution in [3.05, 3.63) is 59.7 Å². The van der Waals surface area contributed by atoms with Crippen LogP contribution in [0.4, 0.5) is 4.79 Å². The van der Waals surface area contributed by atoms with Crippen molar-refractivity contribution in [2.75, 3.05) is 19.7 Å². The minimum absolute atomic E-state index is 0.0172. The maximum Gasteiger partial charge on any atom is 0.407 e. The molecule has 2 amide bonds. The summed E-state index contributed by atoms with van der Waals surface area (Å²) in [4.78, 5) is 38.7. The molecular weight excluding hydrogens is 444 g/mol. The van der Waals surface area contributed by atoms with Crippen LogP contribution in [0.15, 0.2) is 48.5 Å². The van der Waals surface area contributed by atoms with E-state index >= 15 is 0 Å². The lowest BCUT2D eigenvalue weighted by molar-refractivity contribution is -0.148. The molecule has 1 saturated heterocycles. The molecule has 1 aliphatic carbocycles. The van der Waals surface area contributed by atoms with Crippen LogP contribution in [0.2, 0.25) is 0 Å². The Balaban J connectivity index is 1.33. The smallest absolute Gasteiger partial charge is 0.407 e. The Bertz CT molecular complexity index is 1040. The highest BCUT2D eigenvalue weighted by Crippen LogP contribution is 2.44. The van der Waals surface area contributed by atoms with Crippen LogP contribution >= 0.6 is 0 Å². The average molecular weight is 479 g/mol. The third-order valence-electron chi connectivity index (χ3n) is 7.30. The molecule has 2 aromatic rings. The van der Waals surface area contributed by atoms with Gasteiger partial charge >= 0.3 is 12.1 Å². The second-order valence-electron chi connectivity index (χ2n) is 9.71. The molecule has 7 nitrogen and oxygen atoms in total. The van der Waals surface area contributed by atoms with Gasteiger partial charge in [-0.15, -0.1) is 0 Å². The third-order valence-corrected chi connectivity index (χ3v) is 7.30. The van der Waals surface area contributed by atoms with E-state index < -0.39 is 18.0 Å². The van der Waals surface area contributed by atoms with Crippen LogP contribution in [-0.2, 0) is 14.3 Å². The number of alkyl carbamates (subject to hydrolysis) is 1. The van der Waals surface area contributed by atoms with E-state index in [0.29, 0.717) is 25.9 Å². The van der Waals surface area contributed by atoms with Gasteiger partial charge in [0.15, 0.2) is 0 Å². The molecule has 1 heterocycles.